The maximum absolute atomic E-state index is 11.1. The Morgan fingerprint density at radius 2 is 2.39 bits per heavy atom. The summed E-state index contributed by atoms with van der Waals surface area (Å²) in [6.45, 7) is 2.41. The largest absolute Gasteiger partial charge is 0.491 e. The molecule has 0 bridgehead atoms. The summed E-state index contributed by atoms with van der Waals surface area (Å²) >= 11 is 3.42. The summed E-state index contributed by atoms with van der Waals surface area (Å²) in [4.78, 5) is 11.1. The number of hydrogen-bond donors (Lipinski definition) is 2. The first-order valence-electron chi connectivity index (χ1n) is 6.03. The lowest BCUT2D eigenvalue weighted by molar-refractivity contribution is -0.119. The quantitative estimate of drug-likeness (QED) is 0.895. The van der Waals surface area contributed by atoms with E-state index < -0.39 is 0 Å². The number of nitrogens with two attached hydrogens (primary N) is 1. The molecule has 18 heavy (non-hydrogen) atoms. The third-order valence-electron chi connectivity index (χ3n) is 2.99. The smallest absolute Gasteiger partial charge is 0.220 e. The molecule has 1 fully saturated rings. The van der Waals surface area contributed by atoms with Crippen LogP contribution in [-0.4, -0.2) is 18.6 Å². The van der Waals surface area contributed by atoms with E-state index >= 15 is 0 Å². The van der Waals surface area contributed by atoms with Gasteiger partial charge < -0.3 is 15.8 Å². The molecular weight excluding hydrogens is 296 g/mol. The third-order valence-corrected chi connectivity index (χ3v) is 3.48. The van der Waals surface area contributed by atoms with Gasteiger partial charge in [-0.1, -0.05) is 22.0 Å². The molecule has 1 aromatic rings. The number of ether oxygens (including phenoxy) is 1. The Labute approximate surface area is 115 Å². The van der Waals surface area contributed by atoms with Crippen molar-refractivity contribution < 1.29 is 9.53 Å². The number of nitrogens with one attached hydrogen (secondary N) is 1. The lowest BCUT2D eigenvalue weighted by Gasteiger charge is -2.17. The molecule has 0 spiro atoms. The number of halogens is 1. The number of carbonyl (C=O) groups is 1. The Morgan fingerprint density at radius 3 is 3.00 bits per heavy atom. The van der Waals surface area contributed by atoms with E-state index in [9.17, 15) is 4.79 Å². The second kappa shape index (κ2) is 5.71. The molecule has 3 N–H and O–H groups in total. The van der Waals surface area contributed by atoms with Crippen LogP contribution < -0.4 is 15.8 Å². The molecule has 0 aliphatic carbocycles. The molecule has 2 unspecified atom stereocenters. The average Bonchev–Trinajstić information content (AvgIpc) is 2.72. The third kappa shape index (κ3) is 3.23. The van der Waals surface area contributed by atoms with Gasteiger partial charge in [0.1, 0.15) is 12.4 Å². The van der Waals surface area contributed by atoms with Crippen LogP contribution in [-0.2, 0) is 4.79 Å². The van der Waals surface area contributed by atoms with Crippen LogP contribution in [0.2, 0.25) is 0 Å². The van der Waals surface area contributed by atoms with Crippen molar-refractivity contribution in [2.24, 2.45) is 5.73 Å². The molecule has 0 radical (unpaired) electrons. The molecule has 1 heterocycles. The van der Waals surface area contributed by atoms with Crippen molar-refractivity contribution in [3.8, 4) is 5.75 Å². The monoisotopic (exact) mass is 312 g/mol. The fourth-order valence-electron chi connectivity index (χ4n) is 2.00. The Hall–Kier alpha value is -1.07. The van der Waals surface area contributed by atoms with Crippen LogP contribution >= 0.6 is 15.9 Å². The summed E-state index contributed by atoms with van der Waals surface area (Å²) in [5.41, 5.74) is 6.88. The summed E-state index contributed by atoms with van der Waals surface area (Å²) in [5.74, 6) is 0.880. The highest BCUT2D eigenvalue weighted by Gasteiger charge is 2.21. The maximum Gasteiger partial charge on any atom is 0.220 e. The highest BCUT2D eigenvalue weighted by Crippen LogP contribution is 2.28. The van der Waals surface area contributed by atoms with Crippen LogP contribution in [0.25, 0.3) is 0 Å². The second-order valence-corrected chi connectivity index (χ2v) is 5.50. The Kier molecular flexibility index (Phi) is 4.24. The Morgan fingerprint density at radius 1 is 1.61 bits per heavy atom. The van der Waals surface area contributed by atoms with E-state index in [1.807, 2.05) is 25.1 Å². The standard InChI is InChI=1S/C13H17BrN2O2/c1-8(15)11-4-2-9(14)6-12(11)18-7-10-3-5-13(17)16-10/h2,4,6,8,10H,3,5,7,15H2,1H3,(H,16,17). The van der Waals surface area contributed by atoms with E-state index in [1.54, 1.807) is 0 Å². The Balaban J connectivity index is 2.03. The lowest BCUT2D eigenvalue weighted by atomic mass is 10.1. The summed E-state index contributed by atoms with van der Waals surface area (Å²) in [6.07, 6.45) is 1.42. The fourth-order valence-corrected chi connectivity index (χ4v) is 2.34. The van der Waals surface area contributed by atoms with Gasteiger partial charge in [0, 0.05) is 22.5 Å². The van der Waals surface area contributed by atoms with Crippen molar-refractivity contribution in [2.75, 3.05) is 6.61 Å². The van der Waals surface area contributed by atoms with Gasteiger partial charge in [0.2, 0.25) is 5.91 Å². The van der Waals surface area contributed by atoms with Crippen molar-refractivity contribution in [1.82, 2.24) is 5.32 Å². The van der Waals surface area contributed by atoms with Gasteiger partial charge in [-0.2, -0.15) is 0 Å². The van der Waals surface area contributed by atoms with E-state index in [1.165, 1.54) is 0 Å². The minimum absolute atomic E-state index is 0.0775. The molecule has 1 amide bonds. The van der Waals surface area contributed by atoms with Crippen molar-refractivity contribution in [3.63, 3.8) is 0 Å². The predicted octanol–water partition coefficient (Wildman–Crippen LogP) is 2.13. The molecule has 2 rings (SSSR count). The minimum atomic E-state index is -0.0775. The lowest BCUT2D eigenvalue weighted by Crippen LogP contribution is -2.31. The molecular formula is C13H17BrN2O2. The number of rotatable bonds is 4. The normalized spacial score (nSPS) is 20.6. The highest BCUT2D eigenvalue weighted by atomic mass is 79.9. The zero-order chi connectivity index (χ0) is 13.1. The molecule has 0 saturated carbocycles. The van der Waals surface area contributed by atoms with Gasteiger partial charge in [-0.05, 0) is 25.5 Å². The Bertz CT molecular complexity index is 449. The summed E-state index contributed by atoms with van der Waals surface area (Å²) in [6, 6.07) is 5.85. The van der Waals surface area contributed by atoms with Crippen LogP contribution in [0.4, 0.5) is 0 Å². The van der Waals surface area contributed by atoms with Gasteiger partial charge >= 0.3 is 0 Å². The molecule has 1 aliphatic heterocycles. The van der Waals surface area contributed by atoms with Crippen LogP contribution in [0.15, 0.2) is 22.7 Å². The van der Waals surface area contributed by atoms with Gasteiger partial charge in [0.15, 0.2) is 0 Å². The van der Waals surface area contributed by atoms with E-state index in [0.717, 1.165) is 22.2 Å². The highest BCUT2D eigenvalue weighted by molar-refractivity contribution is 9.10. The van der Waals surface area contributed by atoms with Gasteiger partial charge in [-0.25, -0.2) is 0 Å². The van der Waals surface area contributed by atoms with Crippen LogP contribution in [0, 0.1) is 0 Å². The molecule has 1 aliphatic rings. The molecule has 2 atom stereocenters. The van der Waals surface area contributed by atoms with Gasteiger partial charge in [0.25, 0.3) is 0 Å². The van der Waals surface area contributed by atoms with Crippen LogP contribution in [0.5, 0.6) is 5.75 Å². The zero-order valence-corrected chi connectivity index (χ0v) is 11.9. The van der Waals surface area contributed by atoms with Crippen LogP contribution in [0.1, 0.15) is 31.4 Å². The SMILES string of the molecule is CC(N)c1ccc(Br)cc1OCC1CCC(=O)N1. The molecule has 4 nitrogen and oxygen atoms in total. The number of carbonyl (C=O) groups excluding carboxylic acids is 1. The van der Waals surface area contributed by atoms with E-state index in [4.69, 9.17) is 10.5 Å². The van der Waals surface area contributed by atoms with Crippen molar-refractivity contribution in [2.45, 2.75) is 31.8 Å². The fraction of sp³-hybridized carbons (Fsp3) is 0.462. The molecule has 0 aromatic heterocycles. The van der Waals surface area contributed by atoms with Crippen molar-refractivity contribution in [1.29, 1.82) is 0 Å². The first-order chi connectivity index (χ1) is 8.56. The number of benzene rings is 1. The predicted molar refractivity (Wildman–Crippen MR) is 73.4 cm³/mol. The average molecular weight is 313 g/mol. The number of hydrogen-bond acceptors (Lipinski definition) is 3. The minimum Gasteiger partial charge on any atom is -0.491 e. The summed E-state index contributed by atoms with van der Waals surface area (Å²) in [5, 5.41) is 2.88. The van der Waals surface area contributed by atoms with Crippen molar-refractivity contribution >= 4 is 21.8 Å². The molecule has 1 aromatic carbocycles. The van der Waals surface area contributed by atoms with E-state index in [-0.39, 0.29) is 18.0 Å². The molecule has 98 valence electrons. The first kappa shape index (κ1) is 13.4. The summed E-state index contributed by atoms with van der Waals surface area (Å²) in [7, 11) is 0. The second-order valence-electron chi connectivity index (χ2n) is 4.58. The van der Waals surface area contributed by atoms with Crippen molar-refractivity contribution in [3.05, 3.63) is 28.2 Å². The van der Waals surface area contributed by atoms with Gasteiger partial charge in [0.05, 0.1) is 6.04 Å². The van der Waals surface area contributed by atoms with Gasteiger partial charge in [-0.15, -0.1) is 0 Å². The van der Waals surface area contributed by atoms with Gasteiger partial charge in [-0.3, -0.25) is 4.79 Å². The summed E-state index contributed by atoms with van der Waals surface area (Å²) < 4.78 is 6.74. The number of amides is 1. The molecule has 5 heteroatoms. The maximum atomic E-state index is 11.1. The topological polar surface area (TPSA) is 64.3 Å². The molecule has 1 saturated heterocycles. The first-order valence-corrected chi connectivity index (χ1v) is 6.83. The van der Waals surface area contributed by atoms with E-state index in [2.05, 4.69) is 21.2 Å². The van der Waals surface area contributed by atoms with E-state index in [0.29, 0.717) is 13.0 Å². The zero-order valence-electron chi connectivity index (χ0n) is 10.3. The van der Waals surface area contributed by atoms with Crippen LogP contribution in [0.3, 0.4) is 0 Å².